The van der Waals surface area contributed by atoms with Gasteiger partial charge in [-0.05, 0) is 33.9 Å². The van der Waals surface area contributed by atoms with Gasteiger partial charge in [0.2, 0.25) is 0 Å². The predicted molar refractivity (Wildman–Crippen MR) is 56.4 cm³/mol. The Balaban J connectivity index is 3.80. The third-order valence-electron chi connectivity index (χ3n) is 1.93. The molecule has 0 aliphatic carbocycles. The van der Waals surface area contributed by atoms with Crippen LogP contribution in [-0.4, -0.2) is 25.5 Å². The second-order valence-electron chi connectivity index (χ2n) is 3.45. The number of nitrogens with zero attached hydrogens (tertiary/aromatic N) is 1. The normalized spacial score (nSPS) is 12.2. The summed E-state index contributed by atoms with van der Waals surface area (Å²) in [7, 11) is 4.18. The molecular formula is C11H21N. The minimum absolute atomic E-state index is 1.08. The average molecular weight is 167 g/mol. The molecule has 0 aliphatic rings. The maximum Gasteiger partial charge on any atom is 0.00156 e. The van der Waals surface area contributed by atoms with Gasteiger partial charge in [-0.15, -0.1) is 0 Å². The third kappa shape index (κ3) is 5.14. The first-order chi connectivity index (χ1) is 5.57. The second-order valence-corrected chi connectivity index (χ2v) is 3.45. The summed E-state index contributed by atoms with van der Waals surface area (Å²) in [5.74, 6) is 0. The molecule has 0 heterocycles. The van der Waals surface area contributed by atoms with E-state index in [0.29, 0.717) is 0 Å². The molecule has 0 spiro atoms. The molecule has 0 saturated carbocycles. The minimum atomic E-state index is 1.08. The Morgan fingerprint density at radius 1 is 1.42 bits per heavy atom. The van der Waals surface area contributed by atoms with Crippen LogP contribution in [0.3, 0.4) is 0 Å². The summed E-state index contributed by atoms with van der Waals surface area (Å²) in [6.45, 7) is 9.44. The smallest absolute Gasteiger partial charge is 0.00156 e. The van der Waals surface area contributed by atoms with Gasteiger partial charge < -0.3 is 4.90 Å². The van der Waals surface area contributed by atoms with E-state index in [1.807, 2.05) is 0 Å². The molecule has 1 heteroatoms. The van der Waals surface area contributed by atoms with E-state index in [-0.39, 0.29) is 0 Å². The van der Waals surface area contributed by atoms with Crippen LogP contribution in [0.5, 0.6) is 0 Å². The van der Waals surface area contributed by atoms with Crippen molar-refractivity contribution >= 4 is 0 Å². The maximum absolute atomic E-state index is 4.05. The molecule has 0 bridgehead atoms. The van der Waals surface area contributed by atoms with Crippen LogP contribution in [0, 0.1) is 0 Å². The van der Waals surface area contributed by atoms with Crippen molar-refractivity contribution in [1.82, 2.24) is 4.90 Å². The molecule has 0 aromatic rings. The molecule has 0 unspecified atom stereocenters. The number of hydrogen-bond acceptors (Lipinski definition) is 1. The van der Waals surface area contributed by atoms with E-state index in [2.05, 4.69) is 45.5 Å². The third-order valence-corrected chi connectivity index (χ3v) is 1.93. The summed E-state index contributed by atoms with van der Waals surface area (Å²) < 4.78 is 0. The number of rotatable bonds is 5. The van der Waals surface area contributed by atoms with Crippen molar-refractivity contribution in [2.75, 3.05) is 20.6 Å². The van der Waals surface area contributed by atoms with Gasteiger partial charge in [0.25, 0.3) is 0 Å². The van der Waals surface area contributed by atoms with E-state index in [4.69, 9.17) is 0 Å². The van der Waals surface area contributed by atoms with Crippen molar-refractivity contribution < 1.29 is 0 Å². The summed E-state index contributed by atoms with van der Waals surface area (Å²) in [5, 5.41) is 0. The lowest BCUT2D eigenvalue weighted by atomic mass is 10.1. The fraction of sp³-hybridized carbons (Fsp3) is 0.636. The van der Waals surface area contributed by atoms with Gasteiger partial charge in [0.1, 0.15) is 0 Å². The Bertz CT molecular complexity index is 166. The Kier molecular flexibility index (Phi) is 5.73. The Hall–Kier alpha value is -0.560. The van der Waals surface area contributed by atoms with E-state index < -0.39 is 0 Å². The zero-order chi connectivity index (χ0) is 9.56. The average Bonchev–Trinajstić information content (AvgIpc) is 2.00. The lowest BCUT2D eigenvalue weighted by Gasteiger charge is -2.11. The Labute approximate surface area is 76.8 Å². The Morgan fingerprint density at radius 3 is 2.42 bits per heavy atom. The van der Waals surface area contributed by atoms with Crippen molar-refractivity contribution in [3.8, 4) is 0 Å². The molecule has 0 N–H and O–H groups in total. The highest BCUT2D eigenvalue weighted by Crippen LogP contribution is 2.11. The van der Waals surface area contributed by atoms with Crippen molar-refractivity contribution in [2.45, 2.75) is 26.7 Å². The second kappa shape index (κ2) is 6.01. The zero-order valence-corrected chi connectivity index (χ0v) is 8.85. The van der Waals surface area contributed by atoms with Gasteiger partial charge in [0.05, 0.1) is 0 Å². The van der Waals surface area contributed by atoms with E-state index in [0.717, 1.165) is 19.4 Å². The molecule has 70 valence electrons. The SMILES string of the molecule is C=C(CCN(C)C)/C(C)=C\CC. The van der Waals surface area contributed by atoms with Crippen LogP contribution < -0.4 is 0 Å². The van der Waals surface area contributed by atoms with Crippen LogP contribution in [0.1, 0.15) is 26.7 Å². The van der Waals surface area contributed by atoms with Crippen LogP contribution in [-0.2, 0) is 0 Å². The summed E-state index contributed by atoms with van der Waals surface area (Å²) in [5.41, 5.74) is 2.62. The molecule has 0 saturated heterocycles. The monoisotopic (exact) mass is 167 g/mol. The first kappa shape index (κ1) is 11.4. The maximum atomic E-state index is 4.05. The largest absolute Gasteiger partial charge is 0.309 e. The van der Waals surface area contributed by atoms with Crippen molar-refractivity contribution in [3.05, 3.63) is 23.8 Å². The molecular weight excluding hydrogens is 146 g/mol. The van der Waals surface area contributed by atoms with Crippen LogP contribution in [0.4, 0.5) is 0 Å². The lowest BCUT2D eigenvalue weighted by Crippen LogP contribution is -2.13. The molecule has 0 rings (SSSR count). The highest BCUT2D eigenvalue weighted by molar-refractivity contribution is 5.25. The molecule has 0 fully saturated rings. The van der Waals surface area contributed by atoms with Gasteiger partial charge in [-0.3, -0.25) is 0 Å². The van der Waals surface area contributed by atoms with E-state index in [1.54, 1.807) is 0 Å². The van der Waals surface area contributed by atoms with Gasteiger partial charge in [0, 0.05) is 6.54 Å². The number of allylic oxidation sites excluding steroid dienone is 2. The standard InChI is InChI=1S/C11H21N/c1-6-7-10(2)11(3)8-9-12(4)5/h7H,3,6,8-9H2,1-2,4-5H3/b10-7-. The zero-order valence-electron chi connectivity index (χ0n) is 8.85. The Morgan fingerprint density at radius 2 is 2.00 bits per heavy atom. The van der Waals surface area contributed by atoms with Crippen molar-refractivity contribution in [3.63, 3.8) is 0 Å². The molecule has 0 aromatic heterocycles. The molecule has 0 amide bonds. The van der Waals surface area contributed by atoms with Crippen LogP contribution >= 0.6 is 0 Å². The first-order valence-corrected chi connectivity index (χ1v) is 4.57. The lowest BCUT2D eigenvalue weighted by molar-refractivity contribution is 0.414. The quantitative estimate of drug-likeness (QED) is 0.569. The summed E-state index contributed by atoms with van der Waals surface area (Å²) in [6.07, 6.45) is 4.42. The first-order valence-electron chi connectivity index (χ1n) is 4.57. The fourth-order valence-electron chi connectivity index (χ4n) is 1.01. The number of hydrogen-bond donors (Lipinski definition) is 0. The summed E-state index contributed by atoms with van der Waals surface area (Å²) >= 11 is 0. The van der Waals surface area contributed by atoms with Crippen LogP contribution in [0.2, 0.25) is 0 Å². The van der Waals surface area contributed by atoms with E-state index in [9.17, 15) is 0 Å². The molecule has 0 aliphatic heterocycles. The summed E-state index contributed by atoms with van der Waals surface area (Å²) in [6, 6.07) is 0. The van der Waals surface area contributed by atoms with E-state index in [1.165, 1.54) is 11.1 Å². The van der Waals surface area contributed by atoms with Crippen molar-refractivity contribution in [1.29, 1.82) is 0 Å². The highest BCUT2D eigenvalue weighted by atomic mass is 15.0. The topological polar surface area (TPSA) is 3.24 Å². The molecule has 1 nitrogen and oxygen atoms in total. The molecule has 12 heavy (non-hydrogen) atoms. The molecule has 0 aromatic carbocycles. The van der Waals surface area contributed by atoms with Gasteiger partial charge >= 0.3 is 0 Å². The highest BCUT2D eigenvalue weighted by Gasteiger charge is 1.97. The molecule has 0 atom stereocenters. The summed E-state index contributed by atoms with van der Waals surface area (Å²) in [4.78, 5) is 2.18. The minimum Gasteiger partial charge on any atom is -0.309 e. The van der Waals surface area contributed by atoms with Gasteiger partial charge in [-0.1, -0.05) is 30.7 Å². The van der Waals surface area contributed by atoms with Crippen LogP contribution in [0.15, 0.2) is 23.8 Å². The fourth-order valence-corrected chi connectivity index (χ4v) is 1.01. The van der Waals surface area contributed by atoms with Gasteiger partial charge in [-0.2, -0.15) is 0 Å². The van der Waals surface area contributed by atoms with Gasteiger partial charge in [0.15, 0.2) is 0 Å². The van der Waals surface area contributed by atoms with E-state index >= 15 is 0 Å². The van der Waals surface area contributed by atoms with Crippen molar-refractivity contribution in [2.24, 2.45) is 0 Å². The van der Waals surface area contributed by atoms with Crippen LogP contribution in [0.25, 0.3) is 0 Å². The van der Waals surface area contributed by atoms with Gasteiger partial charge in [-0.25, -0.2) is 0 Å². The molecule has 0 radical (unpaired) electrons. The predicted octanol–water partition coefficient (Wildman–Crippen LogP) is 2.85.